The maximum atomic E-state index is 5.63. The lowest BCUT2D eigenvalue weighted by molar-refractivity contribution is 0.114. The lowest BCUT2D eigenvalue weighted by Crippen LogP contribution is -2.45. The summed E-state index contributed by atoms with van der Waals surface area (Å²) in [7, 11) is 3.49. The quantitative estimate of drug-likeness (QED) is 0.624. The Balaban J connectivity index is 1.88. The highest BCUT2D eigenvalue weighted by molar-refractivity contribution is 5.79. The first-order chi connectivity index (χ1) is 11.0. The Morgan fingerprint density at radius 2 is 2.22 bits per heavy atom. The van der Waals surface area contributed by atoms with Crippen molar-refractivity contribution in [3.8, 4) is 5.75 Å². The fourth-order valence-electron chi connectivity index (χ4n) is 2.69. The van der Waals surface area contributed by atoms with Gasteiger partial charge in [0.1, 0.15) is 5.75 Å². The summed E-state index contributed by atoms with van der Waals surface area (Å²) in [4.78, 5) is 4.29. The van der Waals surface area contributed by atoms with Gasteiger partial charge in [-0.05, 0) is 30.5 Å². The molecule has 1 aliphatic heterocycles. The standard InChI is InChI=1S/C18H29N3O2/c1-18(2,14-7-5-8-15(11-14)22-4)13-21-17(19-3)20-12-16-9-6-10-23-16/h5,7-8,11,16H,6,9-10,12-13H2,1-4H3,(H2,19,20,21). The molecule has 0 saturated carbocycles. The van der Waals surface area contributed by atoms with Crippen molar-refractivity contribution in [2.45, 2.75) is 38.2 Å². The van der Waals surface area contributed by atoms with Gasteiger partial charge in [0, 0.05) is 32.2 Å². The monoisotopic (exact) mass is 319 g/mol. The third-order valence-electron chi connectivity index (χ3n) is 4.29. The first-order valence-electron chi connectivity index (χ1n) is 8.26. The number of methoxy groups -OCH3 is 1. The Kier molecular flexibility index (Phi) is 6.28. The molecule has 0 radical (unpaired) electrons. The molecule has 128 valence electrons. The summed E-state index contributed by atoms with van der Waals surface area (Å²) in [6.07, 6.45) is 2.58. The first-order valence-corrected chi connectivity index (χ1v) is 8.26. The van der Waals surface area contributed by atoms with E-state index in [1.54, 1.807) is 14.2 Å². The fraction of sp³-hybridized carbons (Fsp3) is 0.611. The zero-order valence-corrected chi connectivity index (χ0v) is 14.7. The van der Waals surface area contributed by atoms with Gasteiger partial charge in [0.05, 0.1) is 13.2 Å². The van der Waals surface area contributed by atoms with Gasteiger partial charge < -0.3 is 20.1 Å². The van der Waals surface area contributed by atoms with Crippen LogP contribution in [0.2, 0.25) is 0 Å². The second-order valence-corrected chi connectivity index (χ2v) is 6.56. The molecule has 5 heteroatoms. The van der Waals surface area contributed by atoms with Gasteiger partial charge in [-0.15, -0.1) is 0 Å². The Hall–Kier alpha value is -1.75. The van der Waals surface area contributed by atoms with E-state index in [1.807, 2.05) is 12.1 Å². The van der Waals surface area contributed by atoms with Gasteiger partial charge >= 0.3 is 0 Å². The number of ether oxygens (including phenoxy) is 2. The molecule has 23 heavy (non-hydrogen) atoms. The second kappa shape index (κ2) is 8.20. The number of guanidine groups is 1. The highest BCUT2D eigenvalue weighted by Crippen LogP contribution is 2.25. The van der Waals surface area contributed by atoms with E-state index in [0.29, 0.717) is 6.10 Å². The van der Waals surface area contributed by atoms with Crippen LogP contribution in [0.4, 0.5) is 0 Å². The van der Waals surface area contributed by atoms with Gasteiger partial charge in [0.2, 0.25) is 0 Å². The first kappa shape index (κ1) is 17.6. The Labute approximate surface area is 139 Å². The van der Waals surface area contributed by atoms with Crippen molar-refractivity contribution in [3.63, 3.8) is 0 Å². The lowest BCUT2D eigenvalue weighted by Gasteiger charge is -2.27. The summed E-state index contributed by atoms with van der Waals surface area (Å²) >= 11 is 0. The number of hydrogen-bond donors (Lipinski definition) is 2. The van der Waals surface area contributed by atoms with Crippen molar-refractivity contribution in [1.29, 1.82) is 0 Å². The molecule has 1 fully saturated rings. The van der Waals surface area contributed by atoms with E-state index < -0.39 is 0 Å². The third kappa shape index (κ3) is 5.13. The van der Waals surface area contributed by atoms with Crippen molar-refractivity contribution >= 4 is 5.96 Å². The smallest absolute Gasteiger partial charge is 0.191 e. The summed E-state index contributed by atoms with van der Waals surface area (Å²) in [5, 5.41) is 6.76. The van der Waals surface area contributed by atoms with E-state index >= 15 is 0 Å². The molecule has 5 nitrogen and oxygen atoms in total. The summed E-state index contributed by atoms with van der Waals surface area (Å²) < 4.78 is 11.0. The average molecular weight is 319 g/mol. The zero-order valence-electron chi connectivity index (χ0n) is 14.7. The van der Waals surface area contributed by atoms with E-state index in [4.69, 9.17) is 9.47 Å². The number of benzene rings is 1. The molecule has 1 aliphatic rings. The molecule has 0 aromatic heterocycles. The summed E-state index contributed by atoms with van der Waals surface area (Å²) in [6.45, 7) is 6.89. The lowest BCUT2D eigenvalue weighted by atomic mass is 9.84. The minimum Gasteiger partial charge on any atom is -0.497 e. The van der Waals surface area contributed by atoms with Crippen molar-refractivity contribution in [1.82, 2.24) is 10.6 Å². The summed E-state index contributed by atoms with van der Waals surface area (Å²) in [5.41, 5.74) is 1.20. The molecule has 1 unspecified atom stereocenters. The maximum Gasteiger partial charge on any atom is 0.191 e. The minimum absolute atomic E-state index is 0.0317. The molecule has 0 bridgehead atoms. The fourth-order valence-corrected chi connectivity index (χ4v) is 2.69. The predicted octanol–water partition coefficient (Wildman–Crippen LogP) is 2.32. The summed E-state index contributed by atoms with van der Waals surface area (Å²) in [6, 6.07) is 8.21. The normalized spacial score (nSPS) is 18.8. The van der Waals surface area contributed by atoms with Crippen LogP contribution in [0.25, 0.3) is 0 Å². The SMILES string of the molecule is CN=C(NCC1CCCO1)NCC(C)(C)c1cccc(OC)c1. The van der Waals surface area contributed by atoms with Gasteiger partial charge in [-0.2, -0.15) is 0 Å². The number of rotatable bonds is 6. The molecule has 2 rings (SSSR count). The zero-order chi connectivity index (χ0) is 16.7. The van der Waals surface area contributed by atoms with Crippen molar-refractivity contribution in [3.05, 3.63) is 29.8 Å². The topological polar surface area (TPSA) is 54.9 Å². The molecule has 1 heterocycles. The second-order valence-electron chi connectivity index (χ2n) is 6.56. The number of aliphatic imine (C=N–C) groups is 1. The predicted molar refractivity (Wildman–Crippen MR) is 94.4 cm³/mol. The summed E-state index contributed by atoms with van der Waals surface area (Å²) in [5.74, 6) is 1.70. The Bertz CT molecular complexity index is 523. The third-order valence-corrected chi connectivity index (χ3v) is 4.29. The van der Waals surface area contributed by atoms with Crippen LogP contribution >= 0.6 is 0 Å². The van der Waals surface area contributed by atoms with Gasteiger partial charge in [-0.25, -0.2) is 0 Å². The van der Waals surface area contributed by atoms with E-state index in [1.165, 1.54) is 5.56 Å². The molecule has 0 amide bonds. The van der Waals surface area contributed by atoms with Crippen molar-refractivity contribution in [2.75, 3.05) is 33.9 Å². The van der Waals surface area contributed by atoms with Crippen LogP contribution in [0, 0.1) is 0 Å². The van der Waals surface area contributed by atoms with E-state index in [0.717, 1.165) is 44.2 Å². The molecule has 0 spiro atoms. The Morgan fingerprint density at radius 3 is 2.87 bits per heavy atom. The molecule has 2 N–H and O–H groups in total. The van der Waals surface area contributed by atoms with Crippen LogP contribution in [0.5, 0.6) is 5.75 Å². The van der Waals surface area contributed by atoms with Gasteiger partial charge in [0.25, 0.3) is 0 Å². The molecular weight excluding hydrogens is 290 g/mol. The Morgan fingerprint density at radius 1 is 1.39 bits per heavy atom. The molecule has 1 atom stereocenters. The average Bonchev–Trinajstić information content (AvgIpc) is 3.08. The van der Waals surface area contributed by atoms with E-state index in [2.05, 4.69) is 41.6 Å². The van der Waals surface area contributed by atoms with Crippen LogP contribution in [-0.4, -0.2) is 45.9 Å². The maximum absolute atomic E-state index is 5.63. The number of nitrogens with one attached hydrogen (secondary N) is 2. The highest BCUT2D eigenvalue weighted by atomic mass is 16.5. The number of hydrogen-bond acceptors (Lipinski definition) is 3. The van der Waals surface area contributed by atoms with Crippen LogP contribution < -0.4 is 15.4 Å². The minimum atomic E-state index is -0.0317. The van der Waals surface area contributed by atoms with Gasteiger partial charge in [-0.3, -0.25) is 4.99 Å². The van der Waals surface area contributed by atoms with E-state index in [-0.39, 0.29) is 5.41 Å². The van der Waals surface area contributed by atoms with Gasteiger partial charge in [0.15, 0.2) is 5.96 Å². The van der Waals surface area contributed by atoms with Crippen molar-refractivity contribution in [2.24, 2.45) is 4.99 Å². The van der Waals surface area contributed by atoms with Gasteiger partial charge in [-0.1, -0.05) is 26.0 Å². The molecule has 0 aliphatic carbocycles. The highest BCUT2D eigenvalue weighted by Gasteiger charge is 2.22. The molecule has 1 saturated heterocycles. The van der Waals surface area contributed by atoms with Crippen LogP contribution in [0.3, 0.4) is 0 Å². The molecular formula is C18H29N3O2. The largest absolute Gasteiger partial charge is 0.497 e. The van der Waals surface area contributed by atoms with Crippen LogP contribution in [0.1, 0.15) is 32.3 Å². The van der Waals surface area contributed by atoms with Crippen LogP contribution in [0.15, 0.2) is 29.3 Å². The molecule has 1 aromatic rings. The van der Waals surface area contributed by atoms with E-state index in [9.17, 15) is 0 Å². The number of nitrogens with zero attached hydrogens (tertiary/aromatic N) is 1. The van der Waals surface area contributed by atoms with Crippen molar-refractivity contribution < 1.29 is 9.47 Å². The molecule has 1 aromatic carbocycles. The van der Waals surface area contributed by atoms with Crippen LogP contribution in [-0.2, 0) is 10.2 Å².